The van der Waals surface area contributed by atoms with E-state index in [2.05, 4.69) is 9.97 Å². The van der Waals surface area contributed by atoms with Crippen molar-refractivity contribution in [2.24, 2.45) is 0 Å². The molecule has 1 aliphatic rings. The summed E-state index contributed by atoms with van der Waals surface area (Å²) in [5, 5.41) is 12.6. The minimum atomic E-state index is -0.814. The predicted molar refractivity (Wildman–Crippen MR) is 126 cm³/mol. The first-order valence-electron chi connectivity index (χ1n) is 10.8. The van der Waals surface area contributed by atoms with Crippen LogP contribution in [0.2, 0.25) is 0 Å². The molecule has 7 nitrogen and oxygen atoms in total. The van der Waals surface area contributed by atoms with Gasteiger partial charge in [0.2, 0.25) is 5.78 Å². The van der Waals surface area contributed by atoms with Gasteiger partial charge in [0.1, 0.15) is 5.58 Å². The molecule has 1 aliphatic heterocycles. The van der Waals surface area contributed by atoms with Crippen LogP contribution in [0.5, 0.6) is 0 Å². The number of ketones is 1. The lowest BCUT2D eigenvalue weighted by Gasteiger charge is -2.26. The Hall–Kier alpha value is -4.65. The van der Waals surface area contributed by atoms with Crippen molar-refractivity contribution in [2.45, 2.75) is 12.6 Å². The van der Waals surface area contributed by atoms with E-state index in [0.29, 0.717) is 16.8 Å². The number of Topliss-reactive ketones (excluding diaryl/α,β-unsaturated/α-hetero) is 1. The van der Waals surface area contributed by atoms with E-state index in [9.17, 15) is 14.7 Å². The Morgan fingerprint density at radius 3 is 2.68 bits per heavy atom. The molecule has 2 aromatic carbocycles. The van der Waals surface area contributed by atoms with Gasteiger partial charge >= 0.3 is 0 Å². The fourth-order valence-electron chi connectivity index (χ4n) is 4.58. The summed E-state index contributed by atoms with van der Waals surface area (Å²) in [5.41, 5.74) is 2.77. The van der Waals surface area contributed by atoms with Gasteiger partial charge in [0.25, 0.3) is 5.91 Å². The van der Waals surface area contributed by atoms with Crippen LogP contribution in [0.1, 0.15) is 27.9 Å². The van der Waals surface area contributed by atoms with Crippen LogP contribution >= 0.6 is 0 Å². The molecule has 1 amide bonds. The summed E-state index contributed by atoms with van der Waals surface area (Å²) in [6.45, 7) is 0.130. The number of nitrogens with zero attached hydrogens (tertiary/aromatic N) is 2. The first-order chi connectivity index (χ1) is 16.6. The van der Waals surface area contributed by atoms with Gasteiger partial charge in [0, 0.05) is 34.2 Å². The number of pyridine rings is 1. The standard InChI is InChI=1S/C27H19N3O4/c31-25(22-13-16-7-1-4-11-21(16)34-22)23-24(19-14-29-20-10-3-2-9-18(19)20)30(27(33)26(23)32)15-17-8-5-6-12-28-17/h1-14,24,29,32H,15H2. The highest BCUT2D eigenvalue weighted by atomic mass is 16.3. The molecular formula is C27H19N3O4. The number of aromatic nitrogens is 2. The van der Waals surface area contributed by atoms with Crippen molar-refractivity contribution in [3.63, 3.8) is 0 Å². The molecule has 0 radical (unpaired) electrons. The number of carbonyl (C=O) groups excluding carboxylic acids is 2. The number of para-hydroxylation sites is 2. The molecule has 0 aliphatic carbocycles. The van der Waals surface area contributed by atoms with Crippen LogP contribution in [0, 0.1) is 0 Å². The number of benzene rings is 2. The van der Waals surface area contributed by atoms with Crippen molar-refractivity contribution in [1.29, 1.82) is 0 Å². The molecule has 2 N–H and O–H groups in total. The van der Waals surface area contributed by atoms with E-state index in [1.54, 1.807) is 36.7 Å². The van der Waals surface area contributed by atoms with Crippen molar-refractivity contribution in [2.75, 3.05) is 0 Å². The maximum absolute atomic E-state index is 13.7. The van der Waals surface area contributed by atoms with Crippen LogP contribution < -0.4 is 0 Å². The average molecular weight is 449 g/mol. The number of hydrogen-bond donors (Lipinski definition) is 2. The lowest BCUT2D eigenvalue weighted by atomic mass is 9.94. The summed E-state index contributed by atoms with van der Waals surface area (Å²) >= 11 is 0. The predicted octanol–water partition coefficient (Wildman–Crippen LogP) is 5.09. The normalized spacial score (nSPS) is 16.2. The topological polar surface area (TPSA) is 99.4 Å². The largest absolute Gasteiger partial charge is 0.503 e. The number of fused-ring (bicyclic) bond motifs is 2. The van der Waals surface area contributed by atoms with Crippen LogP contribution in [0.15, 0.2) is 101 Å². The monoisotopic (exact) mass is 449 g/mol. The molecule has 1 atom stereocenters. The van der Waals surface area contributed by atoms with Crippen molar-refractivity contribution < 1.29 is 19.1 Å². The summed E-state index contributed by atoms with van der Waals surface area (Å²) < 4.78 is 5.79. The van der Waals surface area contributed by atoms with E-state index in [0.717, 1.165) is 16.3 Å². The number of hydrogen-bond acceptors (Lipinski definition) is 5. The minimum absolute atomic E-state index is 0.00950. The first-order valence-corrected chi connectivity index (χ1v) is 10.8. The van der Waals surface area contributed by atoms with E-state index in [-0.39, 0.29) is 17.9 Å². The quantitative estimate of drug-likeness (QED) is 0.364. The Morgan fingerprint density at radius 1 is 1.06 bits per heavy atom. The molecule has 6 rings (SSSR count). The number of H-pyrrole nitrogens is 1. The molecule has 0 fully saturated rings. The van der Waals surface area contributed by atoms with Gasteiger partial charge in [-0.1, -0.05) is 42.5 Å². The zero-order valence-corrected chi connectivity index (χ0v) is 17.9. The second-order valence-electron chi connectivity index (χ2n) is 8.19. The Labute approximate surface area is 194 Å². The van der Waals surface area contributed by atoms with E-state index in [1.165, 1.54) is 4.90 Å². The van der Waals surface area contributed by atoms with Gasteiger partial charge < -0.3 is 19.4 Å². The summed E-state index contributed by atoms with van der Waals surface area (Å²) in [6, 6.07) is 21.2. The zero-order chi connectivity index (χ0) is 23.2. The molecule has 34 heavy (non-hydrogen) atoms. The van der Waals surface area contributed by atoms with Gasteiger partial charge in [-0.25, -0.2) is 0 Å². The summed E-state index contributed by atoms with van der Waals surface area (Å²) in [7, 11) is 0. The van der Waals surface area contributed by atoms with E-state index in [1.807, 2.05) is 48.5 Å². The molecule has 0 spiro atoms. The molecule has 166 valence electrons. The van der Waals surface area contributed by atoms with Crippen LogP contribution in [0.4, 0.5) is 0 Å². The lowest BCUT2D eigenvalue weighted by molar-refractivity contribution is -0.130. The van der Waals surface area contributed by atoms with Gasteiger partial charge in [-0.05, 0) is 30.3 Å². The number of nitrogens with one attached hydrogen (secondary N) is 1. The SMILES string of the molecule is O=C(C1=C(O)C(=O)N(Cc2ccccn2)C1c1c[nH]c2ccccc12)c1cc2ccccc2o1. The number of aliphatic hydroxyl groups is 1. The van der Waals surface area contributed by atoms with Crippen LogP contribution in [0.3, 0.4) is 0 Å². The maximum atomic E-state index is 13.7. The second kappa shape index (κ2) is 7.74. The van der Waals surface area contributed by atoms with E-state index in [4.69, 9.17) is 4.42 Å². The Bertz CT molecular complexity index is 1560. The van der Waals surface area contributed by atoms with Crippen LogP contribution in [-0.4, -0.2) is 31.7 Å². The molecule has 0 saturated carbocycles. The molecule has 7 heteroatoms. The summed E-state index contributed by atoms with van der Waals surface area (Å²) in [4.78, 5) is 36.0. The lowest BCUT2D eigenvalue weighted by Crippen LogP contribution is -2.31. The molecule has 3 aromatic heterocycles. The first kappa shape index (κ1) is 20.0. The van der Waals surface area contributed by atoms with Crippen LogP contribution in [-0.2, 0) is 11.3 Å². The fraction of sp³-hybridized carbons (Fsp3) is 0.0741. The molecule has 4 heterocycles. The van der Waals surface area contributed by atoms with Gasteiger partial charge in [0.05, 0.1) is 23.9 Å². The molecule has 1 unspecified atom stereocenters. The Balaban J connectivity index is 1.50. The third kappa shape index (κ3) is 3.09. The van der Waals surface area contributed by atoms with Crippen molar-refractivity contribution in [3.8, 4) is 0 Å². The average Bonchev–Trinajstić information content (AvgIpc) is 3.55. The third-order valence-electron chi connectivity index (χ3n) is 6.17. The minimum Gasteiger partial charge on any atom is -0.503 e. The Morgan fingerprint density at radius 2 is 1.85 bits per heavy atom. The second-order valence-corrected chi connectivity index (χ2v) is 8.19. The number of carbonyl (C=O) groups is 2. The third-order valence-corrected chi connectivity index (χ3v) is 6.17. The number of aromatic amines is 1. The van der Waals surface area contributed by atoms with Crippen molar-refractivity contribution >= 4 is 33.6 Å². The molecule has 5 aromatic rings. The maximum Gasteiger partial charge on any atom is 0.290 e. The molecule has 0 saturated heterocycles. The number of rotatable bonds is 5. The zero-order valence-electron chi connectivity index (χ0n) is 17.9. The number of furan rings is 1. The van der Waals surface area contributed by atoms with E-state index >= 15 is 0 Å². The smallest absolute Gasteiger partial charge is 0.290 e. The Kier molecular flexibility index (Phi) is 4.55. The fourth-order valence-corrected chi connectivity index (χ4v) is 4.58. The van der Waals surface area contributed by atoms with Gasteiger partial charge in [0.15, 0.2) is 11.5 Å². The van der Waals surface area contributed by atoms with Crippen molar-refractivity contribution in [1.82, 2.24) is 14.9 Å². The van der Waals surface area contributed by atoms with Gasteiger partial charge in [-0.15, -0.1) is 0 Å². The number of aliphatic hydroxyl groups excluding tert-OH is 1. The van der Waals surface area contributed by atoms with Crippen molar-refractivity contribution in [3.05, 3.63) is 114 Å². The van der Waals surface area contributed by atoms with Gasteiger partial charge in [-0.2, -0.15) is 0 Å². The number of amides is 1. The highest BCUT2D eigenvalue weighted by Crippen LogP contribution is 2.42. The summed E-state index contributed by atoms with van der Waals surface area (Å²) in [5.74, 6) is -1.65. The summed E-state index contributed by atoms with van der Waals surface area (Å²) in [6.07, 6.45) is 3.42. The molecule has 0 bridgehead atoms. The molecular weight excluding hydrogens is 430 g/mol. The highest BCUT2D eigenvalue weighted by molar-refractivity contribution is 6.16. The van der Waals surface area contributed by atoms with Gasteiger partial charge in [-0.3, -0.25) is 14.6 Å². The van der Waals surface area contributed by atoms with E-state index < -0.39 is 23.5 Å². The van der Waals surface area contributed by atoms with Crippen LogP contribution in [0.25, 0.3) is 21.9 Å². The highest BCUT2D eigenvalue weighted by Gasteiger charge is 2.45.